The first-order valence-electron chi connectivity index (χ1n) is 7.75. The van der Waals surface area contributed by atoms with Gasteiger partial charge in [-0.1, -0.05) is 24.3 Å². The summed E-state index contributed by atoms with van der Waals surface area (Å²) in [5.74, 6) is 0.664. The summed E-state index contributed by atoms with van der Waals surface area (Å²) < 4.78 is 1.59. The van der Waals surface area contributed by atoms with Gasteiger partial charge in [-0.2, -0.15) is 5.10 Å². The normalized spacial score (nSPS) is 12.9. The van der Waals surface area contributed by atoms with Crippen molar-refractivity contribution in [2.45, 2.75) is 13.0 Å². The van der Waals surface area contributed by atoms with Crippen LogP contribution in [0.15, 0.2) is 55.2 Å². The van der Waals surface area contributed by atoms with E-state index in [9.17, 15) is 4.79 Å². The van der Waals surface area contributed by atoms with Gasteiger partial charge in [0.05, 0.1) is 0 Å². The molecule has 2 amide bonds. The van der Waals surface area contributed by atoms with Gasteiger partial charge in [-0.15, -0.1) is 0 Å². The first-order chi connectivity index (χ1) is 11.8. The van der Waals surface area contributed by atoms with Crippen LogP contribution in [0.3, 0.4) is 0 Å². The molecular formula is C17H16N6O. The maximum Gasteiger partial charge on any atom is 0.322 e. The third kappa shape index (κ3) is 2.60. The highest BCUT2D eigenvalue weighted by atomic mass is 16.2. The van der Waals surface area contributed by atoms with Crippen molar-refractivity contribution in [2.24, 2.45) is 0 Å². The molecule has 1 aliphatic rings. The number of pyridine rings is 1. The van der Waals surface area contributed by atoms with Crippen molar-refractivity contribution >= 4 is 11.7 Å². The molecule has 1 aromatic carbocycles. The van der Waals surface area contributed by atoms with Crippen LogP contribution in [0.4, 0.5) is 10.5 Å². The summed E-state index contributed by atoms with van der Waals surface area (Å²) >= 11 is 0. The first kappa shape index (κ1) is 14.4. The van der Waals surface area contributed by atoms with Crippen LogP contribution >= 0.6 is 0 Å². The number of carbonyl (C=O) groups is 1. The zero-order valence-electron chi connectivity index (χ0n) is 13.0. The van der Waals surface area contributed by atoms with Crippen molar-refractivity contribution in [3.63, 3.8) is 0 Å². The van der Waals surface area contributed by atoms with Crippen LogP contribution in [0.25, 0.3) is 5.82 Å². The fourth-order valence-electron chi connectivity index (χ4n) is 2.91. The van der Waals surface area contributed by atoms with E-state index in [1.165, 1.54) is 11.9 Å². The van der Waals surface area contributed by atoms with Crippen molar-refractivity contribution < 1.29 is 4.79 Å². The number of benzene rings is 1. The number of aromatic nitrogens is 4. The minimum atomic E-state index is -0.103. The number of urea groups is 1. The van der Waals surface area contributed by atoms with Crippen LogP contribution in [-0.2, 0) is 13.0 Å². The molecule has 0 spiro atoms. The van der Waals surface area contributed by atoms with E-state index in [4.69, 9.17) is 0 Å². The van der Waals surface area contributed by atoms with Crippen LogP contribution in [-0.4, -0.2) is 32.3 Å². The van der Waals surface area contributed by atoms with E-state index in [0.717, 1.165) is 17.7 Å². The lowest BCUT2D eigenvalue weighted by Crippen LogP contribution is -2.38. The Morgan fingerprint density at radius 2 is 2.12 bits per heavy atom. The maximum absolute atomic E-state index is 12.5. The number of hydrogen-bond acceptors (Lipinski definition) is 4. The zero-order chi connectivity index (χ0) is 16.4. The number of amides is 2. The molecule has 0 unspecified atom stereocenters. The molecule has 3 heterocycles. The highest BCUT2D eigenvalue weighted by molar-refractivity contribution is 5.94. The van der Waals surface area contributed by atoms with Crippen molar-refractivity contribution in [1.82, 2.24) is 25.1 Å². The van der Waals surface area contributed by atoms with E-state index in [1.807, 2.05) is 30.3 Å². The lowest BCUT2D eigenvalue weighted by molar-refractivity contribution is 0.246. The average molecular weight is 320 g/mol. The van der Waals surface area contributed by atoms with Gasteiger partial charge in [-0.25, -0.2) is 19.4 Å². The lowest BCUT2D eigenvalue weighted by Gasteiger charge is -2.18. The van der Waals surface area contributed by atoms with E-state index in [2.05, 4.69) is 26.4 Å². The Kier molecular flexibility index (Phi) is 3.66. The molecule has 3 aromatic rings. The number of fused-ring (bicyclic) bond motifs is 1. The molecule has 0 saturated carbocycles. The van der Waals surface area contributed by atoms with Crippen molar-refractivity contribution in [3.8, 4) is 5.82 Å². The number of nitrogens with zero attached hydrogens (tertiary/aromatic N) is 5. The van der Waals surface area contributed by atoms with E-state index >= 15 is 0 Å². The van der Waals surface area contributed by atoms with Gasteiger partial charge in [0.25, 0.3) is 0 Å². The predicted octanol–water partition coefficient (Wildman–Crippen LogP) is 1.93. The third-order valence-corrected chi connectivity index (χ3v) is 4.07. The van der Waals surface area contributed by atoms with Gasteiger partial charge in [0, 0.05) is 30.5 Å². The SMILES string of the molecule is O=C(NCc1cccnc1-n1cncn1)N1CCc2ccccc21. The van der Waals surface area contributed by atoms with Crippen LogP contribution in [0.5, 0.6) is 0 Å². The molecule has 4 rings (SSSR count). The molecule has 1 N–H and O–H groups in total. The van der Waals surface area contributed by atoms with Gasteiger partial charge < -0.3 is 5.32 Å². The van der Waals surface area contributed by atoms with E-state index < -0.39 is 0 Å². The molecule has 7 nitrogen and oxygen atoms in total. The Balaban J connectivity index is 1.50. The lowest BCUT2D eigenvalue weighted by atomic mass is 10.2. The van der Waals surface area contributed by atoms with Gasteiger partial charge >= 0.3 is 6.03 Å². The molecule has 2 aromatic heterocycles. The van der Waals surface area contributed by atoms with E-state index in [1.54, 1.807) is 22.1 Å². The minimum absolute atomic E-state index is 0.103. The number of hydrogen-bond donors (Lipinski definition) is 1. The summed E-state index contributed by atoms with van der Waals surface area (Å²) in [6.45, 7) is 1.08. The van der Waals surface area contributed by atoms with Gasteiger partial charge in [-0.3, -0.25) is 4.90 Å². The number of anilines is 1. The highest BCUT2D eigenvalue weighted by Gasteiger charge is 2.24. The third-order valence-electron chi connectivity index (χ3n) is 4.07. The van der Waals surface area contributed by atoms with Crippen LogP contribution in [0.1, 0.15) is 11.1 Å². The molecule has 0 aliphatic carbocycles. The topological polar surface area (TPSA) is 75.9 Å². The number of nitrogens with one attached hydrogen (secondary N) is 1. The van der Waals surface area contributed by atoms with Crippen molar-refractivity contribution in [3.05, 3.63) is 66.4 Å². The molecule has 0 radical (unpaired) electrons. The van der Waals surface area contributed by atoms with Crippen LogP contribution < -0.4 is 10.2 Å². The van der Waals surface area contributed by atoms with Crippen LogP contribution in [0, 0.1) is 0 Å². The molecule has 1 aliphatic heterocycles. The maximum atomic E-state index is 12.5. The number of para-hydroxylation sites is 1. The minimum Gasteiger partial charge on any atom is -0.333 e. The zero-order valence-corrected chi connectivity index (χ0v) is 13.0. The largest absolute Gasteiger partial charge is 0.333 e. The summed E-state index contributed by atoms with van der Waals surface area (Å²) in [5.41, 5.74) is 3.07. The molecular weight excluding hydrogens is 304 g/mol. The van der Waals surface area contributed by atoms with Crippen LogP contribution in [0.2, 0.25) is 0 Å². The highest BCUT2D eigenvalue weighted by Crippen LogP contribution is 2.27. The Morgan fingerprint density at radius 3 is 3.00 bits per heavy atom. The summed E-state index contributed by atoms with van der Waals surface area (Å²) in [5, 5.41) is 7.07. The monoisotopic (exact) mass is 320 g/mol. The Bertz CT molecular complexity index is 861. The van der Waals surface area contributed by atoms with Gasteiger partial charge in [0.15, 0.2) is 5.82 Å². The second-order valence-corrected chi connectivity index (χ2v) is 5.52. The Hall–Kier alpha value is -3.22. The number of carbonyl (C=O) groups excluding carboxylic acids is 1. The fraction of sp³-hybridized carbons (Fsp3) is 0.176. The molecule has 0 bridgehead atoms. The fourth-order valence-corrected chi connectivity index (χ4v) is 2.91. The summed E-state index contributed by atoms with van der Waals surface area (Å²) in [6, 6.07) is 11.6. The molecule has 0 saturated heterocycles. The van der Waals surface area contributed by atoms with Gasteiger partial charge in [0.1, 0.15) is 12.7 Å². The second kappa shape index (κ2) is 6.11. The predicted molar refractivity (Wildman–Crippen MR) is 88.9 cm³/mol. The molecule has 24 heavy (non-hydrogen) atoms. The van der Waals surface area contributed by atoms with E-state index in [-0.39, 0.29) is 6.03 Å². The summed E-state index contributed by atoms with van der Waals surface area (Å²) in [6.07, 6.45) is 5.63. The smallest absolute Gasteiger partial charge is 0.322 e. The molecule has 7 heteroatoms. The van der Waals surface area contributed by atoms with Gasteiger partial charge in [0.2, 0.25) is 0 Å². The quantitative estimate of drug-likeness (QED) is 0.800. The molecule has 120 valence electrons. The number of rotatable bonds is 3. The van der Waals surface area contributed by atoms with Gasteiger partial charge in [-0.05, 0) is 24.1 Å². The van der Waals surface area contributed by atoms with E-state index in [0.29, 0.717) is 18.9 Å². The standard InChI is InChI=1S/C17H16N6O/c24-17(22-9-7-13-4-1-2-6-15(13)22)20-10-14-5-3-8-19-16(14)23-12-18-11-21-23/h1-6,8,11-12H,7,9-10H2,(H,20,24). The molecule has 0 atom stereocenters. The first-order valence-corrected chi connectivity index (χ1v) is 7.75. The Morgan fingerprint density at radius 1 is 1.21 bits per heavy atom. The van der Waals surface area contributed by atoms with Crippen molar-refractivity contribution in [1.29, 1.82) is 0 Å². The van der Waals surface area contributed by atoms with Crippen molar-refractivity contribution in [2.75, 3.05) is 11.4 Å². The second-order valence-electron chi connectivity index (χ2n) is 5.52. The Labute approximate surface area is 139 Å². The average Bonchev–Trinajstić information content (AvgIpc) is 3.29. The molecule has 0 fully saturated rings. The summed E-state index contributed by atoms with van der Waals surface area (Å²) in [7, 11) is 0. The summed E-state index contributed by atoms with van der Waals surface area (Å²) in [4.78, 5) is 22.6.